The molecule has 0 aromatic carbocycles. The molecule has 2 aromatic rings. The maximum atomic E-state index is 9.16. The Kier molecular flexibility index (Phi) is 3.67. The minimum absolute atomic E-state index is 0.408. The minimum atomic E-state index is 0.408. The number of nitrogens with one attached hydrogen (secondary N) is 1. The van der Waals surface area contributed by atoms with E-state index in [2.05, 4.69) is 36.0 Å². The molecule has 0 bridgehead atoms. The summed E-state index contributed by atoms with van der Waals surface area (Å²) < 4.78 is 0. The van der Waals surface area contributed by atoms with Crippen molar-refractivity contribution in [3.63, 3.8) is 0 Å². The lowest BCUT2D eigenvalue weighted by atomic mass is 10.2. The van der Waals surface area contributed by atoms with Crippen molar-refractivity contribution < 1.29 is 0 Å². The molecule has 118 valence electrons. The molecule has 1 aliphatic carbocycles. The lowest BCUT2D eigenvalue weighted by Gasteiger charge is -2.35. The van der Waals surface area contributed by atoms with Gasteiger partial charge in [0.2, 0.25) is 0 Å². The van der Waals surface area contributed by atoms with E-state index in [-0.39, 0.29) is 0 Å². The van der Waals surface area contributed by atoms with Crippen molar-refractivity contribution >= 4 is 5.82 Å². The van der Waals surface area contributed by atoms with Gasteiger partial charge in [-0.05, 0) is 24.8 Å². The summed E-state index contributed by atoms with van der Waals surface area (Å²) in [5, 5.41) is 16.8. The van der Waals surface area contributed by atoms with Crippen molar-refractivity contribution in [1.29, 1.82) is 5.26 Å². The van der Waals surface area contributed by atoms with E-state index < -0.39 is 0 Å². The Morgan fingerprint density at radius 3 is 2.78 bits per heavy atom. The predicted molar refractivity (Wildman–Crippen MR) is 84.8 cm³/mol. The SMILES string of the molecule is N#Cc1nccnc1N1CCN(Cc2n[nH]c3c2CCC3)CC1. The molecule has 2 aliphatic rings. The molecule has 1 aliphatic heterocycles. The van der Waals surface area contributed by atoms with Crippen LogP contribution in [0.2, 0.25) is 0 Å². The van der Waals surface area contributed by atoms with Crippen molar-refractivity contribution in [2.75, 3.05) is 31.1 Å². The molecule has 2 aromatic heterocycles. The summed E-state index contributed by atoms with van der Waals surface area (Å²) in [5.41, 5.74) is 4.39. The van der Waals surface area contributed by atoms with Gasteiger partial charge < -0.3 is 4.90 Å². The number of nitriles is 1. The molecule has 23 heavy (non-hydrogen) atoms. The third kappa shape index (κ3) is 2.66. The van der Waals surface area contributed by atoms with Crippen LogP contribution in [0.4, 0.5) is 5.82 Å². The van der Waals surface area contributed by atoms with Gasteiger partial charge in [-0.1, -0.05) is 0 Å². The van der Waals surface area contributed by atoms with Crippen LogP contribution >= 0.6 is 0 Å². The van der Waals surface area contributed by atoms with Gasteiger partial charge in [-0.15, -0.1) is 0 Å². The Balaban J connectivity index is 1.40. The van der Waals surface area contributed by atoms with Gasteiger partial charge >= 0.3 is 0 Å². The number of hydrogen-bond donors (Lipinski definition) is 1. The van der Waals surface area contributed by atoms with Crippen molar-refractivity contribution in [2.45, 2.75) is 25.8 Å². The highest BCUT2D eigenvalue weighted by Crippen LogP contribution is 2.24. The van der Waals surface area contributed by atoms with Gasteiger partial charge in [0.05, 0.1) is 5.69 Å². The van der Waals surface area contributed by atoms with E-state index in [0.717, 1.165) is 45.6 Å². The fourth-order valence-corrected chi connectivity index (χ4v) is 3.49. The normalized spacial score (nSPS) is 18.0. The van der Waals surface area contributed by atoms with Gasteiger partial charge in [-0.3, -0.25) is 10.00 Å². The quantitative estimate of drug-likeness (QED) is 0.906. The molecule has 7 heteroatoms. The minimum Gasteiger partial charge on any atom is -0.352 e. The number of aromatic amines is 1. The van der Waals surface area contributed by atoms with Crippen molar-refractivity contribution in [3.05, 3.63) is 35.0 Å². The number of H-pyrrole nitrogens is 1. The van der Waals surface area contributed by atoms with E-state index in [4.69, 9.17) is 5.26 Å². The molecule has 0 saturated carbocycles. The Hall–Kier alpha value is -2.46. The van der Waals surface area contributed by atoms with Crippen LogP contribution in [0, 0.1) is 11.3 Å². The molecule has 1 fully saturated rings. The number of piperazine rings is 1. The second-order valence-corrected chi connectivity index (χ2v) is 6.08. The third-order valence-corrected chi connectivity index (χ3v) is 4.72. The molecule has 3 heterocycles. The smallest absolute Gasteiger partial charge is 0.183 e. The molecular formula is C16H19N7. The highest BCUT2D eigenvalue weighted by Gasteiger charge is 2.24. The van der Waals surface area contributed by atoms with E-state index in [9.17, 15) is 0 Å². The van der Waals surface area contributed by atoms with E-state index in [1.54, 1.807) is 12.4 Å². The summed E-state index contributed by atoms with van der Waals surface area (Å²) in [5.74, 6) is 0.704. The van der Waals surface area contributed by atoms with Crippen LogP contribution < -0.4 is 4.90 Å². The fraction of sp³-hybridized carbons (Fsp3) is 0.500. The monoisotopic (exact) mass is 309 g/mol. The van der Waals surface area contributed by atoms with Crippen LogP contribution in [0.25, 0.3) is 0 Å². The van der Waals surface area contributed by atoms with E-state index in [1.807, 2.05) is 0 Å². The molecule has 0 radical (unpaired) electrons. The van der Waals surface area contributed by atoms with E-state index >= 15 is 0 Å². The first kappa shape index (κ1) is 14.2. The van der Waals surface area contributed by atoms with Crippen molar-refractivity contribution in [1.82, 2.24) is 25.1 Å². The summed E-state index contributed by atoms with van der Waals surface area (Å²) in [6, 6.07) is 2.13. The molecule has 1 saturated heterocycles. The number of aryl methyl sites for hydroxylation is 1. The van der Waals surface area contributed by atoms with Gasteiger partial charge in [-0.2, -0.15) is 10.4 Å². The fourth-order valence-electron chi connectivity index (χ4n) is 3.49. The molecule has 0 atom stereocenters. The van der Waals surface area contributed by atoms with E-state index in [1.165, 1.54) is 23.4 Å². The maximum Gasteiger partial charge on any atom is 0.183 e. The summed E-state index contributed by atoms with van der Waals surface area (Å²) in [7, 11) is 0. The number of fused-ring (bicyclic) bond motifs is 1. The molecule has 1 N–H and O–H groups in total. The maximum absolute atomic E-state index is 9.16. The lowest BCUT2D eigenvalue weighted by molar-refractivity contribution is 0.245. The summed E-state index contributed by atoms with van der Waals surface area (Å²) in [6.07, 6.45) is 6.76. The molecule has 0 spiro atoms. The Morgan fingerprint density at radius 1 is 1.13 bits per heavy atom. The Labute approximate surface area is 135 Å². The van der Waals surface area contributed by atoms with E-state index in [0.29, 0.717) is 11.5 Å². The van der Waals surface area contributed by atoms with Crippen molar-refractivity contribution in [3.8, 4) is 6.07 Å². The lowest BCUT2D eigenvalue weighted by Crippen LogP contribution is -2.46. The van der Waals surface area contributed by atoms with Crippen LogP contribution in [0.1, 0.15) is 29.1 Å². The zero-order valence-corrected chi connectivity index (χ0v) is 13.0. The average molecular weight is 309 g/mol. The summed E-state index contributed by atoms with van der Waals surface area (Å²) >= 11 is 0. The second-order valence-electron chi connectivity index (χ2n) is 6.08. The van der Waals surface area contributed by atoms with Gasteiger partial charge in [0.25, 0.3) is 0 Å². The zero-order chi connectivity index (χ0) is 15.6. The van der Waals surface area contributed by atoms with Gasteiger partial charge in [0, 0.05) is 50.8 Å². The second kappa shape index (κ2) is 5.97. The van der Waals surface area contributed by atoms with Gasteiger partial charge in [0.1, 0.15) is 6.07 Å². The van der Waals surface area contributed by atoms with Crippen LogP contribution in [0.3, 0.4) is 0 Å². The molecular weight excluding hydrogens is 290 g/mol. The predicted octanol–water partition coefficient (Wildman–Crippen LogP) is 0.882. The number of rotatable bonds is 3. The van der Waals surface area contributed by atoms with Gasteiger partial charge in [0.15, 0.2) is 11.5 Å². The first-order chi connectivity index (χ1) is 11.3. The zero-order valence-electron chi connectivity index (χ0n) is 13.0. The molecule has 4 rings (SSSR count). The number of aromatic nitrogens is 4. The summed E-state index contributed by atoms with van der Waals surface area (Å²) in [6.45, 7) is 4.53. The Bertz CT molecular complexity index is 737. The van der Waals surface area contributed by atoms with Crippen LogP contribution in [-0.4, -0.2) is 51.2 Å². The third-order valence-electron chi connectivity index (χ3n) is 4.72. The highest BCUT2D eigenvalue weighted by atomic mass is 15.3. The highest BCUT2D eigenvalue weighted by molar-refractivity contribution is 5.49. The first-order valence-electron chi connectivity index (χ1n) is 8.08. The number of hydrogen-bond acceptors (Lipinski definition) is 6. The first-order valence-corrected chi connectivity index (χ1v) is 8.08. The standard InChI is InChI=1S/C16H19N7/c17-10-14-16(19-5-4-18-14)23-8-6-22(7-9-23)11-15-12-2-1-3-13(12)20-21-15/h4-5H,1-3,6-9,11H2,(H,20,21). The number of nitrogens with zero attached hydrogens (tertiary/aromatic N) is 6. The molecule has 0 unspecified atom stereocenters. The molecule has 0 amide bonds. The number of anilines is 1. The molecule has 7 nitrogen and oxygen atoms in total. The van der Waals surface area contributed by atoms with Crippen molar-refractivity contribution in [2.24, 2.45) is 0 Å². The average Bonchev–Trinajstić information content (AvgIpc) is 3.21. The van der Waals surface area contributed by atoms with Gasteiger partial charge in [-0.25, -0.2) is 9.97 Å². The largest absolute Gasteiger partial charge is 0.352 e. The van der Waals surface area contributed by atoms with Crippen LogP contribution in [0.5, 0.6) is 0 Å². The topological polar surface area (TPSA) is 84.7 Å². The van der Waals surface area contributed by atoms with Crippen LogP contribution in [0.15, 0.2) is 12.4 Å². The van der Waals surface area contributed by atoms with Crippen LogP contribution in [-0.2, 0) is 19.4 Å². The Morgan fingerprint density at radius 2 is 1.96 bits per heavy atom. The summed E-state index contributed by atoms with van der Waals surface area (Å²) in [4.78, 5) is 13.0.